The highest BCUT2D eigenvalue weighted by atomic mass is 35.5. The Hall–Kier alpha value is -2.31. The first-order chi connectivity index (χ1) is 11.9. The van der Waals surface area contributed by atoms with E-state index in [1.807, 2.05) is 6.92 Å². The summed E-state index contributed by atoms with van der Waals surface area (Å²) in [4.78, 5) is 22.6. The summed E-state index contributed by atoms with van der Waals surface area (Å²) >= 11 is 12.3. The molecule has 0 fully saturated rings. The van der Waals surface area contributed by atoms with Crippen molar-refractivity contribution in [3.63, 3.8) is 0 Å². The lowest BCUT2D eigenvalue weighted by Crippen LogP contribution is -2.12. The maximum absolute atomic E-state index is 12.3. The molecule has 6 nitrogen and oxygen atoms in total. The zero-order valence-corrected chi connectivity index (χ0v) is 14.9. The molecule has 2 aromatic carbocycles. The summed E-state index contributed by atoms with van der Waals surface area (Å²) in [6, 6.07) is 8.53. The predicted molar refractivity (Wildman–Crippen MR) is 97.9 cm³/mol. The van der Waals surface area contributed by atoms with E-state index in [0.29, 0.717) is 18.0 Å². The molecule has 0 aromatic heterocycles. The van der Waals surface area contributed by atoms with E-state index in [2.05, 4.69) is 5.32 Å². The van der Waals surface area contributed by atoms with Crippen LogP contribution in [0.25, 0.3) is 0 Å². The molecule has 0 radical (unpaired) electrons. The number of amides is 1. The van der Waals surface area contributed by atoms with Crippen molar-refractivity contribution in [2.45, 2.75) is 19.8 Å². The molecule has 0 atom stereocenters. The lowest BCUT2D eigenvalue weighted by atomic mass is 10.2. The Labute approximate surface area is 154 Å². The molecule has 2 aromatic rings. The van der Waals surface area contributed by atoms with Crippen molar-refractivity contribution in [1.29, 1.82) is 0 Å². The standard InChI is InChI=1S/C17H16Cl2N2O4/c1-2-3-7-25-16-14(18)8-11(9-15(16)19)17(22)20-12-5-4-6-13(10-12)21(23)24/h4-6,8-10H,2-3,7H2,1H3,(H,20,22). The monoisotopic (exact) mass is 382 g/mol. The quantitative estimate of drug-likeness (QED) is 0.398. The average molecular weight is 383 g/mol. The highest BCUT2D eigenvalue weighted by Crippen LogP contribution is 2.34. The van der Waals surface area contributed by atoms with Gasteiger partial charge in [-0.1, -0.05) is 42.6 Å². The fourth-order valence-corrected chi connectivity index (χ4v) is 2.64. The van der Waals surface area contributed by atoms with Crippen LogP contribution in [0.4, 0.5) is 11.4 Å². The Balaban J connectivity index is 2.17. The van der Waals surface area contributed by atoms with E-state index >= 15 is 0 Å². The fraction of sp³-hybridized carbons (Fsp3) is 0.235. The van der Waals surface area contributed by atoms with Crippen molar-refractivity contribution >= 4 is 40.5 Å². The van der Waals surface area contributed by atoms with Crippen molar-refractivity contribution in [2.24, 2.45) is 0 Å². The fourth-order valence-electron chi connectivity index (χ4n) is 2.05. The third-order valence-corrected chi connectivity index (χ3v) is 3.88. The highest BCUT2D eigenvalue weighted by Gasteiger charge is 2.15. The second kappa shape index (κ2) is 8.69. The summed E-state index contributed by atoms with van der Waals surface area (Å²) in [5.41, 5.74) is 0.410. The molecule has 0 saturated heterocycles. The van der Waals surface area contributed by atoms with Crippen molar-refractivity contribution in [3.8, 4) is 5.75 Å². The number of benzene rings is 2. The van der Waals surface area contributed by atoms with Crippen LogP contribution in [0.1, 0.15) is 30.1 Å². The zero-order valence-electron chi connectivity index (χ0n) is 13.4. The Morgan fingerprint density at radius 3 is 2.52 bits per heavy atom. The van der Waals surface area contributed by atoms with Gasteiger partial charge in [0.1, 0.15) is 0 Å². The summed E-state index contributed by atoms with van der Waals surface area (Å²) < 4.78 is 5.53. The van der Waals surface area contributed by atoms with Gasteiger partial charge in [-0.2, -0.15) is 0 Å². The van der Waals surface area contributed by atoms with Gasteiger partial charge in [0, 0.05) is 23.4 Å². The summed E-state index contributed by atoms with van der Waals surface area (Å²) in [5, 5.41) is 13.8. The number of carbonyl (C=O) groups is 1. The number of halogens is 2. The third-order valence-electron chi connectivity index (χ3n) is 3.32. The SMILES string of the molecule is CCCCOc1c(Cl)cc(C(=O)Nc2cccc([N+](=O)[O-])c2)cc1Cl. The molecule has 1 N–H and O–H groups in total. The first-order valence-corrected chi connectivity index (χ1v) is 8.35. The maximum Gasteiger partial charge on any atom is 0.271 e. The molecule has 132 valence electrons. The van der Waals surface area contributed by atoms with Gasteiger partial charge in [0.2, 0.25) is 0 Å². The van der Waals surface area contributed by atoms with Gasteiger partial charge in [-0.25, -0.2) is 0 Å². The molecule has 0 bridgehead atoms. The predicted octanol–water partition coefficient (Wildman–Crippen LogP) is 5.33. The van der Waals surface area contributed by atoms with E-state index in [4.69, 9.17) is 27.9 Å². The molecule has 8 heteroatoms. The van der Waals surface area contributed by atoms with Gasteiger partial charge in [0.25, 0.3) is 11.6 Å². The van der Waals surface area contributed by atoms with Crippen LogP contribution in [0.2, 0.25) is 10.0 Å². The molecule has 0 spiro atoms. The van der Waals surface area contributed by atoms with Gasteiger partial charge in [-0.05, 0) is 24.6 Å². The first kappa shape index (κ1) is 19.0. The molecule has 0 unspecified atom stereocenters. The summed E-state index contributed by atoms with van der Waals surface area (Å²) in [7, 11) is 0. The second-order valence-electron chi connectivity index (χ2n) is 5.23. The van der Waals surface area contributed by atoms with Gasteiger partial charge in [-0.15, -0.1) is 0 Å². The largest absolute Gasteiger partial charge is 0.490 e. The maximum atomic E-state index is 12.3. The highest BCUT2D eigenvalue weighted by molar-refractivity contribution is 6.37. The topological polar surface area (TPSA) is 81.5 Å². The number of hydrogen-bond acceptors (Lipinski definition) is 4. The molecular weight excluding hydrogens is 367 g/mol. The number of rotatable bonds is 7. The summed E-state index contributed by atoms with van der Waals surface area (Å²) in [6.07, 6.45) is 1.83. The first-order valence-electron chi connectivity index (χ1n) is 7.60. The van der Waals surface area contributed by atoms with Gasteiger partial charge < -0.3 is 10.1 Å². The van der Waals surface area contributed by atoms with E-state index in [-0.39, 0.29) is 21.3 Å². The summed E-state index contributed by atoms with van der Waals surface area (Å²) in [5.74, 6) is -0.145. The minimum atomic E-state index is -0.536. The van der Waals surface area contributed by atoms with Gasteiger partial charge in [0.15, 0.2) is 5.75 Å². The molecule has 0 aliphatic heterocycles. The number of unbranched alkanes of at least 4 members (excludes halogenated alkanes) is 1. The average Bonchev–Trinajstić information content (AvgIpc) is 2.57. The van der Waals surface area contributed by atoms with Crippen LogP contribution in [-0.2, 0) is 0 Å². The van der Waals surface area contributed by atoms with Gasteiger partial charge in [0.05, 0.1) is 21.6 Å². The van der Waals surface area contributed by atoms with E-state index in [9.17, 15) is 14.9 Å². The molecule has 0 saturated carbocycles. The summed E-state index contributed by atoms with van der Waals surface area (Å²) in [6.45, 7) is 2.52. The number of hydrogen-bond donors (Lipinski definition) is 1. The van der Waals surface area contributed by atoms with Crippen molar-refractivity contribution in [3.05, 3.63) is 62.1 Å². The van der Waals surface area contributed by atoms with Crippen molar-refractivity contribution in [1.82, 2.24) is 0 Å². The number of nitrogens with one attached hydrogen (secondary N) is 1. The normalized spacial score (nSPS) is 10.4. The Morgan fingerprint density at radius 1 is 1.24 bits per heavy atom. The Morgan fingerprint density at radius 2 is 1.92 bits per heavy atom. The van der Waals surface area contributed by atoms with Crippen LogP contribution < -0.4 is 10.1 Å². The van der Waals surface area contributed by atoms with E-state index in [1.54, 1.807) is 6.07 Å². The number of non-ortho nitro benzene ring substituents is 1. The van der Waals surface area contributed by atoms with Crippen LogP contribution in [-0.4, -0.2) is 17.4 Å². The molecule has 0 aliphatic carbocycles. The number of nitro benzene ring substituents is 1. The van der Waals surface area contributed by atoms with Crippen LogP contribution in [0.15, 0.2) is 36.4 Å². The Bertz CT molecular complexity index is 773. The number of nitrogens with zero attached hydrogens (tertiary/aromatic N) is 1. The number of anilines is 1. The van der Waals surface area contributed by atoms with Crippen molar-refractivity contribution in [2.75, 3.05) is 11.9 Å². The van der Waals surface area contributed by atoms with Gasteiger partial charge >= 0.3 is 0 Å². The number of nitro groups is 1. The van der Waals surface area contributed by atoms with Crippen LogP contribution in [0.5, 0.6) is 5.75 Å². The molecule has 0 aliphatic rings. The molecule has 1 amide bonds. The Kier molecular flexibility index (Phi) is 6.61. The number of ether oxygens (including phenoxy) is 1. The number of carbonyl (C=O) groups excluding carboxylic acids is 1. The van der Waals surface area contributed by atoms with E-state index < -0.39 is 10.8 Å². The molecule has 25 heavy (non-hydrogen) atoms. The molecule has 0 heterocycles. The third kappa shape index (κ3) is 5.08. The van der Waals surface area contributed by atoms with E-state index in [1.165, 1.54) is 30.3 Å². The van der Waals surface area contributed by atoms with Crippen LogP contribution >= 0.6 is 23.2 Å². The smallest absolute Gasteiger partial charge is 0.271 e. The van der Waals surface area contributed by atoms with E-state index in [0.717, 1.165) is 12.8 Å². The van der Waals surface area contributed by atoms with Crippen LogP contribution in [0.3, 0.4) is 0 Å². The lowest BCUT2D eigenvalue weighted by molar-refractivity contribution is -0.384. The molecular formula is C17H16Cl2N2O4. The van der Waals surface area contributed by atoms with Gasteiger partial charge in [-0.3, -0.25) is 14.9 Å². The minimum absolute atomic E-state index is 0.117. The van der Waals surface area contributed by atoms with Crippen molar-refractivity contribution < 1.29 is 14.5 Å². The molecule has 2 rings (SSSR count). The second-order valence-corrected chi connectivity index (χ2v) is 6.05. The van der Waals surface area contributed by atoms with Crippen LogP contribution in [0, 0.1) is 10.1 Å². The minimum Gasteiger partial charge on any atom is -0.490 e. The lowest BCUT2D eigenvalue weighted by Gasteiger charge is -2.12. The zero-order chi connectivity index (χ0) is 18.4.